The number of ketones is 5. The Kier molecular flexibility index (Phi) is 56.6. The second-order valence-electron chi connectivity index (χ2n) is 31.2. The van der Waals surface area contributed by atoms with E-state index in [0.717, 1.165) is 35.0 Å². The quantitative estimate of drug-likeness (QED) is 0.0109. The van der Waals surface area contributed by atoms with Crippen LogP contribution in [0.25, 0.3) is 0 Å². The number of aliphatic carboxylic acids is 2. The molecule has 38 nitrogen and oxygen atoms in total. The summed E-state index contributed by atoms with van der Waals surface area (Å²) in [5.74, 6) is -7.26. The molecule has 730 valence electrons. The minimum Gasteiger partial charge on any atom is -0.481 e. The fourth-order valence-corrected chi connectivity index (χ4v) is 20.0. The summed E-state index contributed by atoms with van der Waals surface area (Å²) in [6.45, 7) is 24.2. The van der Waals surface area contributed by atoms with Crippen LogP contribution in [0.1, 0.15) is 227 Å². The van der Waals surface area contributed by atoms with E-state index in [-0.39, 0.29) is 172 Å². The second kappa shape index (κ2) is 61.4. The number of amides is 1. The first-order valence-electron chi connectivity index (χ1n) is 40.6. The highest BCUT2D eigenvalue weighted by Gasteiger charge is 2.41. The second-order valence-corrected chi connectivity index (χ2v) is 42.5. The first kappa shape index (κ1) is 121. The van der Waals surface area contributed by atoms with Crippen molar-refractivity contribution in [1.82, 2.24) is 15.4 Å². The first-order chi connectivity index (χ1) is 60.8. The van der Waals surface area contributed by atoms with Gasteiger partial charge in [0.2, 0.25) is 15.9 Å². The van der Waals surface area contributed by atoms with E-state index in [1.807, 2.05) is 151 Å². The zero-order valence-electron chi connectivity index (χ0n) is 75.6. The highest BCUT2D eigenvalue weighted by atomic mass is 35.5. The normalized spacial score (nSPS) is 14.7. The van der Waals surface area contributed by atoms with Crippen LogP contribution in [0.4, 0.5) is 0 Å². The number of nitrogens with two attached hydrogens (primary N) is 2. The molecule has 0 saturated carbocycles. The number of esters is 7. The molecular formula is C86H120ClN5O33S6. The van der Waals surface area contributed by atoms with Crippen LogP contribution < -0.4 is 26.2 Å². The number of hydrogen-bond donors (Lipinski definition) is 7. The number of hydrogen-bond acceptors (Lipinski definition) is 36. The number of nitrogens with one attached hydrogen (secondary N) is 3. The Bertz CT molecular complexity index is 5060. The van der Waals surface area contributed by atoms with Gasteiger partial charge in [-0.05, 0) is 91.0 Å². The van der Waals surface area contributed by atoms with Crippen molar-refractivity contribution in [3.05, 3.63) is 131 Å². The molecule has 0 spiro atoms. The van der Waals surface area contributed by atoms with Gasteiger partial charge in [-0.25, -0.2) is 43.5 Å². The lowest BCUT2D eigenvalue weighted by atomic mass is 9.89. The van der Waals surface area contributed by atoms with Crippen molar-refractivity contribution < 1.29 is 154 Å². The number of benzene rings is 3. The number of Topliss-reactive ketones (excluding diaryl/α,β-unsaturated/α-hetero) is 5. The van der Waals surface area contributed by atoms with E-state index in [9.17, 15) is 110 Å². The summed E-state index contributed by atoms with van der Waals surface area (Å²) in [6.07, 6.45) is 1.23. The minimum atomic E-state index is -4.30. The average Bonchev–Trinajstić information content (AvgIpc) is 1.61. The van der Waals surface area contributed by atoms with Crippen LogP contribution in [0.5, 0.6) is 0 Å². The van der Waals surface area contributed by atoms with E-state index >= 15 is 0 Å². The number of thiophene rings is 2. The number of carbonyl (C=O) groups is 16. The topological polar surface area (TPSA) is 603 Å². The van der Waals surface area contributed by atoms with Crippen LogP contribution in [-0.2, 0) is 169 Å². The summed E-state index contributed by atoms with van der Waals surface area (Å²) in [7, 11) is -15.3. The third kappa shape index (κ3) is 55.6. The first-order valence-corrected chi connectivity index (χ1v) is 48.7. The molecule has 0 saturated heterocycles. The van der Waals surface area contributed by atoms with Gasteiger partial charge in [0.05, 0.1) is 42.7 Å². The lowest BCUT2D eigenvalue weighted by Crippen LogP contribution is -2.33. The molecule has 0 bridgehead atoms. The van der Waals surface area contributed by atoms with Gasteiger partial charge in [0, 0.05) is 102 Å². The fraction of sp³-hybridized carbons (Fsp3) is 0.512. The van der Waals surface area contributed by atoms with Crippen molar-refractivity contribution >= 4 is 168 Å². The standard InChI is InChI=1S/C17H24N2O8S3.C16H22O3.C14H16O5.C10H16N2O4S3.C9H11NO2.C9H16O3.C7H10O5.C4H5ClO3/c1-4-18-14-7-10(2)29(23,24)17-13(14)8-16(28-17)30(25,26)19-15(22)6-5-12(21)9-27-11(3)20;1-16(2,3)11-14(17)9-10-15(18)19-12-13-7-5-4-6-8-13;1-11(15)18-10-13(16)7-8-14(17)19-9-12-5-3-2-4-6-12;1-3-12-8-4-6(2)18(13,14)10-7(8)5-9(17-10)19(11,15)16;10-6-9(11)12-7-8-4-2-1-3-5-8;1-9(2,3)6-7(10)4-5-8(11)12;1-5(8)12-4-6(9)2-3-7(10)11;1-3(6)8-2-4(5)7/h8,10,14,18H,4-7,9H2,1-3H3,(H,19,22);4-8H,9-12H2,1-3H3;2-6H,7-10H2,1H3;5-6,8,12H,3-4H2,1-2H3,(H2,11,15,16);1-5H,6-7,10H2;4-6H2,1-3H3,(H,11,12);2-4H2,1H3,(H,10,11);2H2,1H3/t10-,14-;;;6-,8-;;;;/m0..0..../s1. The molecule has 5 aromatic rings. The van der Waals surface area contributed by atoms with Crippen molar-refractivity contribution in [2.75, 3.05) is 46.1 Å². The molecule has 0 fully saturated rings. The summed E-state index contributed by atoms with van der Waals surface area (Å²) >= 11 is 6.15. The zero-order valence-corrected chi connectivity index (χ0v) is 81.3. The maximum atomic E-state index is 12.6. The predicted octanol–water partition coefficient (Wildman–Crippen LogP) is 9.29. The van der Waals surface area contributed by atoms with Crippen LogP contribution in [-0.4, -0.2) is 194 Å². The number of rotatable bonds is 39. The third-order valence-corrected chi connectivity index (χ3v) is 27.9. The average molecular weight is 1980 g/mol. The van der Waals surface area contributed by atoms with E-state index < -0.39 is 122 Å². The van der Waals surface area contributed by atoms with Gasteiger partial charge in [-0.2, -0.15) is 0 Å². The van der Waals surface area contributed by atoms with Crippen LogP contribution in [0.2, 0.25) is 0 Å². The minimum absolute atomic E-state index is 0.00701. The van der Waals surface area contributed by atoms with E-state index in [4.69, 9.17) is 46.9 Å². The van der Waals surface area contributed by atoms with Crippen LogP contribution in [0.3, 0.4) is 0 Å². The number of sulfonamides is 2. The molecule has 45 heteroatoms. The Labute approximate surface area is 776 Å². The molecule has 0 aliphatic carbocycles. The van der Waals surface area contributed by atoms with Gasteiger partial charge in [-0.1, -0.05) is 146 Å². The Hall–Kier alpha value is -10.3. The Balaban J connectivity index is 0.00000152. The number of carbonyl (C=O) groups excluding carboxylic acids is 14. The monoisotopic (exact) mass is 1980 g/mol. The van der Waals surface area contributed by atoms with Gasteiger partial charge in [-0.3, -0.25) is 76.7 Å². The van der Waals surface area contributed by atoms with E-state index in [2.05, 4.69) is 29.6 Å². The maximum Gasteiger partial charge on any atom is 0.320 e. The molecule has 0 unspecified atom stereocenters. The van der Waals surface area contributed by atoms with Gasteiger partial charge >= 0.3 is 53.7 Å². The Morgan fingerprint density at radius 3 is 1.04 bits per heavy atom. The van der Waals surface area contributed by atoms with Crippen molar-refractivity contribution in [2.24, 2.45) is 21.7 Å². The largest absolute Gasteiger partial charge is 0.481 e. The molecule has 131 heavy (non-hydrogen) atoms. The zero-order chi connectivity index (χ0) is 100. The summed E-state index contributed by atoms with van der Waals surface area (Å²) in [6, 6.07) is 30.5. The summed E-state index contributed by atoms with van der Waals surface area (Å²) in [4.78, 5) is 173. The summed E-state index contributed by atoms with van der Waals surface area (Å²) in [5.41, 5.74) is 8.73. The number of sulfone groups is 2. The van der Waals surface area contributed by atoms with Crippen molar-refractivity contribution in [3.63, 3.8) is 0 Å². The highest BCUT2D eigenvalue weighted by Crippen LogP contribution is 2.44. The third-order valence-electron chi connectivity index (χ3n) is 16.7. The number of carboxylic acids is 2. The molecule has 4 atom stereocenters. The fourth-order valence-electron chi connectivity index (χ4n) is 10.5. The van der Waals surface area contributed by atoms with Crippen molar-refractivity contribution in [3.8, 4) is 0 Å². The molecule has 7 rings (SSSR count). The molecule has 3 aromatic carbocycles. The van der Waals surface area contributed by atoms with Crippen molar-refractivity contribution in [2.45, 2.75) is 246 Å². The van der Waals surface area contributed by atoms with Gasteiger partial charge in [0.15, 0.2) is 43.6 Å². The molecule has 2 aliphatic rings. The molecule has 2 aliphatic heterocycles. The smallest absolute Gasteiger partial charge is 0.320 e. The van der Waals surface area contributed by atoms with Gasteiger partial charge in [0.25, 0.3) is 15.3 Å². The molecule has 4 heterocycles. The Morgan fingerprint density at radius 2 is 0.740 bits per heavy atom. The molecule has 9 N–H and O–H groups in total. The Morgan fingerprint density at radius 1 is 0.443 bits per heavy atom. The SMILES string of the molecule is CC(=O)OCC(=O)CCC(=O)O.CC(=O)OCC(=O)CCC(=O)OCc1ccccc1.CC(=O)OCC(=O)Cl.CC(C)(C)CC(=O)CCC(=O)O.CC(C)(C)CC(=O)CCC(=O)OCc1ccccc1.CCN[C@H]1C[C@H](C)S(=O)(=O)c2sc(S(=O)(=O)NC(=O)CCC(=O)COC(C)=O)cc21.CCN[C@H]1C[C@H](C)S(=O)(=O)c2sc(S(N)(=O)=O)cc21.NCC(=O)OCc1ccccc1. The van der Waals surface area contributed by atoms with Gasteiger partial charge in [-0.15, -0.1) is 22.7 Å². The molecule has 0 radical (unpaired) electrons. The highest BCUT2D eigenvalue weighted by molar-refractivity contribution is 7.96. The van der Waals surface area contributed by atoms with Crippen LogP contribution in [0, 0.1) is 10.8 Å². The molecule has 2 aromatic heterocycles. The van der Waals surface area contributed by atoms with E-state index in [1.54, 1.807) is 13.8 Å². The van der Waals surface area contributed by atoms with Crippen molar-refractivity contribution in [1.29, 1.82) is 0 Å². The lowest BCUT2D eigenvalue weighted by Gasteiger charge is -2.27. The number of carboxylic acid groups (broad SMARTS) is 2. The van der Waals surface area contributed by atoms with Crippen LogP contribution in [0.15, 0.2) is 120 Å². The number of primary sulfonamides is 1. The van der Waals surface area contributed by atoms with E-state index in [0.29, 0.717) is 67.8 Å². The van der Waals surface area contributed by atoms with Crippen LogP contribution >= 0.6 is 34.3 Å². The van der Waals surface area contributed by atoms with Gasteiger partial charge < -0.3 is 59.7 Å². The lowest BCUT2D eigenvalue weighted by molar-refractivity contribution is -0.148. The number of halogens is 1. The summed E-state index contributed by atoms with van der Waals surface area (Å²) < 4.78 is 132. The summed E-state index contributed by atoms with van der Waals surface area (Å²) in [5, 5.41) is 26.0. The van der Waals surface area contributed by atoms with E-state index in [1.165, 1.54) is 32.9 Å². The maximum absolute atomic E-state index is 12.6. The molecular weight excluding hydrogens is 1860 g/mol. The number of fused-ring (bicyclic) bond motifs is 2. The molecule has 1 amide bonds. The van der Waals surface area contributed by atoms with Gasteiger partial charge in [0.1, 0.15) is 68.0 Å². The number of ether oxygens (including phenoxy) is 7. The predicted molar refractivity (Wildman–Crippen MR) is 480 cm³/mol.